The summed E-state index contributed by atoms with van der Waals surface area (Å²) < 4.78 is 0. The zero-order valence-corrected chi connectivity index (χ0v) is 11.5. The highest BCUT2D eigenvalue weighted by Crippen LogP contribution is 2.20. The fraction of sp³-hybridized carbons (Fsp3) is 0.333. The third-order valence-corrected chi connectivity index (χ3v) is 3.25. The molecule has 0 radical (unpaired) electrons. The molecular formula is C15H19N3O2. The third kappa shape index (κ3) is 3.24. The predicted octanol–water partition coefficient (Wildman–Crippen LogP) is 1.97. The number of H-pyrrole nitrogens is 1. The second kappa shape index (κ2) is 6.86. The maximum absolute atomic E-state index is 12.3. The lowest BCUT2D eigenvalue weighted by atomic mass is 10.1. The Labute approximate surface area is 118 Å². The summed E-state index contributed by atoms with van der Waals surface area (Å²) in [4.78, 5) is 12.3. The average Bonchev–Trinajstić information content (AvgIpc) is 2.97. The fourth-order valence-electron chi connectivity index (χ4n) is 2.08. The van der Waals surface area contributed by atoms with Crippen LogP contribution in [0.5, 0.6) is 0 Å². The molecule has 1 heterocycles. The van der Waals surface area contributed by atoms with E-state index in [1.54, 1.807) is 0 Å². The summed E-state index contributed by atoms with van der Waals surface area (Å²) >= 11 is 0. The summed E-state index contributed by atoms with van der Waals surface area (Å²) in [5, 5.41) is 18.7. The molecule has 1 aromatic carbocycles. The number of carbonyl (C=O) groups is 1. The molecule has 0 bridgehead atoms. The first-order valence-corrected chi connectivity index (χ1v) is 6.76. The van der Waals surface area contributed by atoms with Crippen LogP contribution in [-0.2, 0) is 0 Å². The summed E-state index contributed by atoms with van der Waals surface area (Å²) in [7, 11) is 0. The maximum atomic E-state index is 12.3. The molecule has 1 aromatic heterocycles. The second-order valence-electron chi connectivity index (χ2n) is 4.62. The van der Waals surface area contributed by atoms with Gasteiger partial charge in [-0.1, -0.05) is 37.3 Å². The van der Waals surface area contributed by atoms with Gasteiger partial charge in [-0.05, 0) is 12.8 Å². The van der Waals surface area contributed by atoms with Crippen molar-refractivity contribution in [1.82, 2.24) is 15.5 Å². The average molecular weight is 273 g/mol. The van der Waals surface area contributed by atoms with Gasteiger partial charge in [0.1, 0.15) is 0 Å². The molecular weight excluding hydrogens is 254 g/mol. The van der Waals surface area contributed by atoms with Gasteiger partial charge in [-0.2, -0.15) is 5.10 Å². The zero-order chi connectivity index (χ0) is 14.4. The van der Waals surface area contributed by atoms with Crippen LogP contribution in [-0.4, -0.2) is 33.9 Å². The van der Waals surface area contributed by atoms with E-state index in [-0.39, 0.29) is 18.6 Å². The van der Waals surface area contributed by atoms with Crippen LogP contribution in [0.4, 0.5) is 0 Å². The molecule has 2 aromatic rings. The number of aromatic nitrogens is 2. The van der Waals surface area contributed by atoms with Crippen LogP contribution in [0.25, 0.3) is 11.3 Å². The number of benzene rings is 1. The normalized spacial score (nSPS) is 12.1. The molecule has 1 atom stereocenters. The highest BCUT2D eigenvalue weighted by molar-refractivity contribution is 5.99. The van der Waals surface area contributed by atoms with Gasteiger partial charge >= 0.3 is 0 Å². The Morgan fingerprint density at radius 3 is 2.80 bits per heavy atom. The molecule has 0 saturated heterocycles. The molecule has 106 valence electrons. The second-order valence-corrected chi connectivity index (χ2v) is 4.62. The quantitative estimate of drug-likeness (QED) is 0.753. The first kappa shape index (κ1) is 14.3. The molecule has 0 aliphatic rings. The van der Waals surface area contributed by atoms with Gasteiger partial charge in [0.2, 0.25) is 0 Å². The van der Waals surface area contributed by atoms with E-state index in [4.69, 9.17) is 5.11 Å². The number of hydrogen-bond donors (Lipinski definition) is 3. The minimum atomic E-state index is -0.169. The molecule has 0 saturated carbocycles. The van der Waals surface area contributed by atoms with Gasteiger partial charge in [0, 0.05) is 18.2 Å². The Kier molecular flexibility index (Phi) is 4.90. The van der Waals surface area contributed by atoms with E-state index in [0.717, 1.165) is 12.0 Å². The monoisotopic (exact) mass is 273 g/mol. The first-order chi connectivity index (χ1) is 9.76. The lowest BCUT2D eigenvalue weighted by Gasteiger charge is -2.15. The minimum Gasteiger partial charge on any atom is -0.396 e. The molecule has 3 N–H and O–H groups in total. The van der Waals surface area contributed by atoms with Crippen molar-refractivity contribution in [3.63, 3.8) is 0 Å². The molecule has 20 heavy (non-hydrogen) atoms. The van der Waals surface area contributed by atoms with E-state index < -0.39 is 0 Å². The largest absolute Gasteiger partial charge is 0.396 e. The molecule has 0 aliphatic heterocycles. The Balaban J connectivity index is 2.18. The van der Waals surface area contributed by atoms with Gasteiger partial charge < -0.3 is 10.4 Å². The van der Waals surface area contributed by atoms with Crippen LogP contribution < -0.4 is 5.32 Å². The number of rotatable bonds is 6. The van der Waals surface area contributed by atoms with Crippen LogP contribution in [0.3, 0.4) is 0 Å². The summed E-state index contributed by atoms with van der Waals surface area (Å²) in [6.45, 7) is 2.05. The topological polar surface area (TPSA) is 78.0 Å². The van der Waals surface area contributed by atoms with Crippen LogP contribution in [0.2, 0.25) is 0 Å². The van der Waals surface area contributed by atoms with Crippen molar-refractivity contribution in [3.8, 4) is 11.3 Å². The van der Waals surface area contributed by atoms with Crippen molar-refractivity contribution in [2.45, 2.75) is 25.8 Å². The maximum Gasteiger partial charge on any atom is 0.255 e. The van der Waals surface area contributed by atoms with Crippen molar-refractivity contribution in [2.75, 3.05) is 6.61 Å². The van der Waals surface area contributed by atoms with Gasteiger partial charge in [0.05, 0.1) is 17.5 Å². The van der Waals surface area contributed by atoms with E-state index in [0.29, 0.717) is 17.7 Å². The number of nitrogens with one attached hydrogen (secondary N) is 2. The summed E-state index contributed by atoms with van der Waals surface area (Å²) in [5.41, 5.74) is 2.15. The third-order valence-electron chi connectivity index (χ3n) is 3.25. The molecule has 0 spiro atoms. The number of nitrogens with zero attached hydrogens (tertiary/aromatic N) is 1. The van der Waals surface area contributed by atoms with Gasteiger partial charge in [0.25, 0.3) is 5.91 Å². The van der Waals surface area contributed by atoms with Crippen LogP contribution >= 0.6 is 0 Å². The van der Waals surface area contributed by atoms with Gasteiger partial charge in [-0.25, -0.2) is 0 Å². The summed E-state index contributed by atoms with van der Waals surface area (Å²) in [6.07, 6.45) is 2.87. The summed E-state index contributed by atoms with van der Waals surface area (Å²) in [6, 6.07) is 9.58. The first-order valence-electron chi connectivity index (χ1n) is 6.76. The van der Waals surface area contributed by atoms with Crippen LogP contribution in [0.15, 0.2) is 36.5 Å². The smallest absolute Gasteiger partial charge is 0.255 e. The molecule has 0 aliphatic carbocycles. The van der Waals surface area contributed by atoms with Crippen molar-refractivity contribution in [2.24, 2.45) is 0 Å². The van der Waals surface area contributed by atoms with Crippen molar-refractivity contribution in [1.29, 1.82) is 0 Å². The molecule has 5 nitrogen and oxygen atoms in total. The molecule has 2 rings (SSSR count). The van der Waals surface area contributed by atoms with Crippen LogP contribution in [0, 0.1) is 0 Å². The van der Waals surface area contributed by atoms with Crippen molar-refractivity contribution in [3.05, 3.63) is 42.1 Å². The van der Waals surface area contributed by atoms with E-state index in [2.05, 4.69) is 15.5 Å². The molecule has 1 unspecified atom stereocenters. The van der Waals surface area contributed by atoms with E-state index in [1.807, 2.05) is 37.3 Å². The predicted molar refractivity (Wildman–Crippen MR) is 77.3 cm³/mol. The summed E-state index contributed by atoms with van der Waals surface area (Å²) in [5.74, 6) is -0.169. The Hall–Kier alpha value is -2.14. The standard InChI is InChI=1S/C15H19N3O2/c1-2-12(8-9-19)17-15(20)13-10-16-18-14(13)11-6-4-3-5-7-11/h3-7,10,12,19H,2,8-9H2,1H3,(H,16,18)(H,17,20). The van der Waals surface area contributed by atoms with E-state index in [1.165, 1.54) is 6.20 Å². The SMILES string of the molecule is CCC(CCO)NC(=O)c1cn[nH]c1-c1ccccc1. The number of aliphatic hydroxyl groups is 1. The number of aromatic amines is 1. The highest BCUT2D eigenvalue weighted by atomic mass is 16.3. The number of carbonyl (C=O) groups excluding carboxylic acids is 1. The van der Waals surface area contributed by atoms with Crippen molar-refractivity contribution < 1.29 is 9.90 Å². The Morgan fingerprint density at radius 1 is 1.40 bits per heavy atom. The molecule has 0 fully saturated rings. The Morgan fingerprint density at radius 2 is 2.15 bits per heavy atom. The van der Waals surface area contributed by atoms with E-state index in [9.17, 15) is 4.79 Å². The lowest BCUT2D eigenvalue weighted by molar-refractivity contribution is 0.0930. The van der Waals surface area contributed by atoms with Crippen LogP contribution in [0.1, 0.15) is 30.1 Å². The number of amides is 1. The molecule has 5 heteroatoms. The Bertz CT molecular complexity index is 551. The van der Waals surface area contributed by atoms with Crippen molar-refractivity contribution >= 4 is 5.91 Å². The van der Waals surface area contributed by atoms with Gasteiger partial charge in [-0.3, -0.25) is 9.89 Å². The fourth-order valence-corrected chi connectivity index (χ4v) is 2.08. The van der Waals surface area contributed by atoms with Gasteiger partial charge in [-0.15, -0.1) is 0 Å². The molecule has 1 amide bonds. The zero-order valence-electron chi connectivity index (χ0n) is 11.5. The lowest BCUT2D eigenvalue weighted by Crippen LogP contribution is -2.35. The minimum absolute atomic E-state index is 0.0222. The number of aliphatic hydroxyl groups excluding tert-OH is 1. The number of hydrogen-bond acceptors (Lipinski definition) is 3. The van der Waals surface area contributed by atoms with E-state index >= 15 is 0 Å². The van der Waals surface area contributed by atoms with Gasteiger partial charge in [0.15, 0.2) is 0 Å². The highest BCUT2D eigenvalue weighted by Gasteiger charge is 2.17.